The third-order valence-corrected chi connectivity index (χ3v) is 22.3. The zero-order chi connectivity index (χ0) is 105. The molecule has 0 saturated carbocycles. The van der Waals surface area contributed by atoms with Crippen LogP contribution in [0.15, 0.2) is 30.3 Å². The van der Waals surface area contributed by atoms with E-state index < -0.39 is 208 Å². The van der Waals surface area contributed by atoms with Gasteiger partial charge in [0.15, 0.2) is 5.78 Å². The number of ether oxygens (including phenoxy) is 13. The van der Waals surface area contributed by atoms with Crippen LogP contribution in [0.5, 0.6) is 0 Å². The first-order valence-electron chi connectivity index (χ1n) is 48.4. The number of nitrogens with zero attached hydrogens (tertiary/aromatic N) is 3. The first-order chi connectivity index (χ1) is 67.1. The van der Waals surface area contributed by atoms with Crippen molar-refractivity contribution in [2.45, 2.75) is 208 Å². The molecule has 2 rings (SSSR count). The Bertz CT molecular complexity index is 3900. The highest BCUT2D eigenvalue weighted by molar-refractivity contribution is 5.94. The van der Waals surface area contributed by atoms with Gasteiger partial charge in [-0.25, -0.2) is 14.4 Å². The second-order valence-corrected chi connectivity index (χ2v) is 36.2. The summed E-state index contributed by atoms with van der Waals surface area (Å²) in [6, 6.07) is 2.55. The van der Waals surface area contributed by atoms with Gasteiger partial charge < -0.3 is 140 Å². The van der Waals surface area contributed by atoms with E-state index in [9.17, 15) is 86.6 Å². The number of methoxy groups -OCH3 is 3. The molecule has 1 saturated heterocycles. The summed E-state index contributed by atoms with van der Waals surface area (Å²) in [6.45, 7) is 22.9. The number of hydrogen-bond acceptors (Lipinski definition) is 31. The summed E-state index contributed by atoms with van der Waals surface area (Å²) in [5.41, 5.74) is 0.669. The number of rotatable bonds is 79. The van der Waals surface area contributed by atoms with Crippen molar-refractivity contribution in [1.82, 2.24) is 78.5 Å². The number of aliphatic carboxylic acids is 1. The highest BCUT2D eigenvalue weighted by atomic mass is 16.6. The molecule has 1 aliphatic heterocycles. The van der Waals surface area contributed by atoms with Gasteiger partial charge in [-0.15, -0.1) is 0 Å². The minimum atomic E-state index is -1.62. The Hall–Kier alpha value is -10.3. The summed E-state index contributed by atoms with van der Waals surface area (Å²) < 4.78 is 71.5. The number of amides is 14. The topological polar surface area (TPSA) is 584 Å². The minimum Gasteiger partial charge on any atom is -0.480 e. The van der Waals surface area contributed by atoms with Crippen LogP contribution in [0.2, 0.25) is 0 Å². The van der Waals surface area contributed by atoms with Gasteiger partial charge in [-0.3, -0.25) is 72.0 Å². The first kappa shape index (κ1) is 127. The summed E-state index contributed by atoms with van der Waals surface area (Å²) in [4.78, 5) is 229. The van der Waals surface area contributed by atoms with Gasteiger partial charge in [0.25, 0.3) is 0 Å². The lowest BCUT2D eigenvalue weighted by Gasteiger charge is -2.41. The number of Topliss-reactive ketones (excluding diaryl/α,β-unsaturated/α-hetero) is 1. The maximum absolute atomic E-state index is 14.6. The molecule has 1 heterocycles. The minimum absolute atomic E-state index is 0.0114. The van der Waals surface area contributed by atoms with Crippen molar-refractivity contribution < 1.29 is 148 Å². The zero-order valence-corrected chi connectivity index (χ0v) is 85.8. The predicted octanol–water partition coefficient (Wildman–Crippen LogP) is -0.741. The van der Waals surface area contributed by atoms with E-state index >= 15 is 0 Å². The largest absolute Gasteiger partial charge is 0.480 e. The van der Waals surface area contributed by atoms with E-state index in [4.69, 9.17) is 61.6 Å². The van der Waals surface area contributed by atoms with Gasteiger partial charge >= 0.3 is 18.0 Å². The Morgan fingerprint density at radius 3 is 1.54 bits per heavy atom. The number of likely N-dealkylation sites (tertiary alicyclic amines) is 1. The molecule has 0 aliphatic carbocycles. The number of benzene rings is 1. The fourth-order valence-corrected chi connectivity index (χ4v) is 14.6. The van der Waals surface area contributed by atoms with Crippen LogP contribution in [-0.4, -0.2) is 402 Å². The quantitative estimate of drug-likeness (QED) is 0.0282. The highest BCUT2D eigenvalue weighted by Crippen LogP contribution is 2.30. The standard InChI is InChI=1S/C95H163N15O31/c1-18-65(6)85(109(14)91(124)83(63(2)3)107-90(123)84(64(4)5)108(12)13)74(130-16)56-82(119)110-36-22-26-73(110)86(131-17)66(7)87(120)106-72(54-68-24-20-19-21-25-68)89(122)97-32-23-37-140-93(127)67(8)104-77(114)28-27-71(92(125)126)105-78(115)30-34-99-94(128)141-61-69(88(121)98-35-39-132-42-43-134-46-47-136-50-51-138-53-52-137-49-48-135-45-44-133-41-40-129-15)55-70(111)57-100-79(116)59-102-81(118)60-103-80(117)58-101-75(112)29-33-96-76(113)31-38-139-62-95(9,10)11/h19-21,24-25,63-67,69,71-74,83-86H,18,22-23,26-62H2,1-17H3,(H,96,113)(H,97,122)(H,98,121)(H,99,128)(H,100,116)(H,101,112)(H,102,118)(H,103,117)(H,104,114)(H,105,115)(H,106,120)(H,107,123)(H,125,126)/t65-,66+,67-,69-,71-,72-,73-,74+,83?,84-,85-,86+/m0/s1. The van der Waals surface area contributed by atoms with Crippen molar-refractivity contribution in [1.29, 1.82) is 0 Å². The number of carboxylic acids is 1. The molecule has 0 aromatic heterocycles. The van der Waals surface area contributed by atoms with Gasteiger partial charge in [0.05, 0.1) is 194 Å². The van der Waals surface area contributed by atoms with Crippen LogP contribution < -0.4 is 63.8 Å². The smallest absolute Gasteiger partial charge is 0.407 e. The van der Waals surface area contributed by atoms with Gasteiger partial charge in [0.2, 0.25) is 76.8 Å². The Morgan fingerprint density at radius 2 is 1.01 bits per heavy atom. The molecule has 14 amide bonds. The van der Waals surface area contributed by atoms with E-state index in [1.807, 2.05) is 81.3 Å². The number of esters is 1. The van der Waals surface area contributed by atoms with Crippen molar-refractivity contribution in [3.05, 3.63) is 35.9 Å². The molecule has 46 heteroatoms. The predicted molar refractivity (Wildman–Crippen MR) is 515 cm³/mol. The maximum Gasteiger partial charge on any atom is 0.407 e. The summed E-state index contributed by atoms with van der Waals surface area (Å²) in [6.07, 6.45) is -2.97. The zero-order valence-electron chi connectivity index (χ0n) is 85.8. The summed E-state index contributed by atoms with van der Waals surface area (Å²) in [5, 5.41) is 40.1. The summed E-state index contributed by atoms with van der Waals surface area (Å²) >= 11 is 0. The van der Waals surface area contributed by atoms with Gasteiger partial charge in [-0.05, 0) is 75.4 Å². The van der Waals surface area contributed by atoms with Crippen molar-refractivity contribution in [3.8, 4) is 0 Å². The van der Waals surface area contributed by atoms with Gasteiger partial charge in [0, 0.05) is 99.6 Å². The molecular weight excluding hydrogens is 1850 g/mol. The second-order valence-electron chi connectivity index (χ2n) is 36.2. The normalized spacial score (nSPS) is 14.9. The van der Waals surface area contributed by atoms with Crippen molar-refractivity contribution in [2.24, 2.45) is 35.0 Å². The highest BCUT2D eigenvalue weighted by Gasteiger charge is 2.44. The summed E-state index contributed by atoms with van der Waals surface area (Å²) in [5.74, 6) is -13.4. The van der Waals surface area contributed by atoms with Crippen molar-refractivity contribution in [2.75, 3.05) is 227 Å². The van der Waals surface area contributed by atoms with E-state index in [0.717, 1.165) is 5.56 Å². The Kier molecular flexibility index (Phi) is 66.3. The van der Waals surface area contributed by atoms with E-state index in [2.05, 4.69) is 63.8 Å². The molecule has 0 spiro atoms. The van der Waals surface area contributed by atoms with Crippen LogP contribution in [-0.2, 0) is 145 Å². The van der Waals surface area contributed by atoms with Gasteiger partial charge in [-0.2, -0.15) is 0 Å². The fourth-order valence-electron chi connectivity index (χ4n) is 14.6. The molecule has 1 aromatic carbocycles. The molecule has 1 unspecified atom stereocenters. The van der Waals surface area contributed by atoms with E-state index in [-0.39, 0.29) is 145 Å². The van der Waals surface area contributed by atoms with Crippen LogP contribution in [0.25, 0.3) is 0 Å². The lowest BCUT2D eigenvalue weighted by Crippen LogP contribution is -2.59. The number of alkyl carbamates (subject to hydrolysis) is 1. The third-order valence-electron chi connectivity index (χ3n) is 22.3. The number of carboxylic acid groups (broad SMARTS) is 1. The lowest BCUT2D eigenvalue weighted by atomic mass is 9.89. The molecule has 1 aliphatic rings. The molecule has 46 nitrogen and oxygen atoms in total. The number of nitrogens with one attached hydrogen (secondary N) is 12. The number of likely N-dealkylation sites (N-methyl/N-ethyl adjacent to an activating group) is 2. The average Bonchev–Trinajstić information content (AvgIpc) is 1.37. The van der Waals surface area contributed by atoms with Gasteiger partial charge in [-0.1, -0.05) is 106 Å². The average molecular weight is 2010 g/mol. The molecule has 0 radical (unpaired) electrons. The van der Waals surface area contributed by atoms with Crippen LogP contribution in [0.4, 0.5) is 4.79 Å². The van der Waals surface area contributed by atoms with E-state index in [1.54, 1.807) is 61.2 Å². The molecule has 13 N–H and O–H groups in total. The molecule has 12 atom stereocenters. The number of carbonyl (C=O) groups is 17. The van der Waals surface area contributed by atoms with Gasteiger partial charge in [0.1, 0.15) is 30.8 Å². The number of carbonyl (C=O) groups excluding carboxylic acids is 16. The SMILES string of the molecule is CC[C@H](C)[C@@H]([C@@H](CC(=O)N1CCC[C@H]1[C@H](OC)[C@@H](C)C(=O)N[C@@H](Cc1ccccc1)C(=O)NCCCOC(=O)[C@H](C)NC(=O)CC[C@H](NC(=O)CCNC(=O)OC[C@H](CC(=O)CNC(=O)CNC(=O)CNC(=O)CNC(=O)CCNC(=O)CCOCC(C)(C)C)C(=O)NCCOCCOCCOCCOCCOCCOCCOCCOC)C(=O)O)OC)N(C)C(=O)C(NC(=O)[C@H](C(C)C)N(C)C)C(C)C. The van der Waals surface area contributed by atoms with Crippen molar-refractivity contribution in [3.63, 3.8) is 0 Å². The maximum atomic E-state index is 14.6. The van der Waals surface area contributed by atoms with Crippen LogP contribution in [0, 0.1) is 35.0 Å². The molecular formula is C95H163N15O31. The Balaban J connectivity index is 1.96. The monoisotopic (exact) mass is 2010 g/mol. The van der Waals surface area contributed by atoms with Crippen LogP contribution in [0.3, 0.4) is 0 Å². The Labute approximate surface area is 829 Å². The Morgan fingerprint density at radius 1 is 0.489 bits per heavy atom. The van der Waals surface area contributed by atoms with Crippen LogP contribution >= 0.6 is 0 Å². The lowest BCUT2D eigenvalue weighted by molar-refractivity contribution is -0.148. The molecule has 1 aromatic rings. The molecule has 804 valence electrons. The number of hydrogen-bond donors (Lipinski definition) is 13. The van der Waals surface area contributed by atoms with Crippen LogP contribution in [0.1, 0.15) is 152 Å². The number of ketones is 1. The fraction of sp³-hybridized carbons (Fsp3) is 0.758. The molecule has 141 heavy (non-hydrogen) atoms. The first-order valence-corrected chi connectivity index (χ1v) is 48.4. The van der Waals surface area contributed by atoms with E-state index in [1.165, 1.54) is 21.1 Å². The summed E-state index contributed by atoms with van der Waals surface area (Å²) in [7, 11) is 9.86. The van der Waals surface area contributed by atoms with Crippen molar-refractivity contribution >= 4 is 101 Å². The molecule has 1 fully saturated rings. The molecule has 0 bridgehead atoms. The third kappa shape index (κ3) is 56.4. The van der Waals surface area contributed by atoms with E-state index in [0.29, 0.717) is 98.5 Å². The second kappa shape index (κ2) is 73.8.